The molecule has 0 saturated heterocycles. The summed E-state index contributed by atoms with van der Waals surface area (Å²) in [6.07, 6.45) is 5.87. The van der Waals surface area contributed by atoms with E-state index in [1.165, 1.54) is 16.7 Å². The molecule has 3 aromatic rings. The highest BCUT2D eigenvalue weighted by Crippen LogP contribution is 2.31. The summed E-state index contributed by atoms with van der Waals surface area (Å²) >= 11 is 0. The van der Waals surface area contributed by atoms with E-state index in [2.05, 4.69) is 33.3 Å². The monoisotopic (exact) mass is 543 g/mol. The van der Waals surface area contributed by atoms with E-state index in [0.717, 1.165) is 5.56 Å². The number of hydrogen-bond acceptors (Lipinski definition) is 7. The zero-order chi connectivity index (χ0) is 27.3. The van der Waals surface area contributed by atoms with E-state index in [-0.39, 0.29) is 36.8 Å². The van der Waals surface area contributed by atoms with Crippen LogP contribution in [0.1, 0.15) is 82.2 Å². The number of benzene rings is 1. The van der Waals surface area contributed by atoms with Crippen LogP contribution in [0.4, 0.5) is 4.39 Å². The smallest absolute Gasteiger partial charge is 0.163 e. The summed E-state index contributed by atoms with van der Waals surface area (Å²) in [7, 11) is -3.90. The fourth-order valence-electron chi connectivity index (χ4n) is 4.00. The van der Waals surface area contributed by atoms with Gasteiger partial charge < -0.3 is 4.74 Å². The molecule has 3 atom stereocenters. The Morgan fingerprint density at radius 1 is 1.11 bits per heavy atom. The van der Waals surface area contributed by atoms with Crippen molar-refractivity contribution in [3.05, 3.63) is 84.2 Å². The third kappa shape index (κ3) is 6.79. The van der Waals surface area contributed by atoms with Crippen LogP contribution < -0.4 is 0 Å². The molecular formula is C28H38FN5O3S. The standard InChI is InChI=1S/C27H34FN5O3S.CH4/c1-8-11-19(6)27-32-31-23(33(27)24-21(9-2)12-10-13-22(24)28)16-37(34,35)20(7)25(36-17(3)4)26-29-14-18(5)15-30-26;/h8-10,12-15,17,19-20,25H,1-2,11,16H2,3-7H3;1H4/t19-,20+,25-;/m1./s1. The van der Waals surface area contributed by atoms with Crippen LogP contribution in [0.3, 0.4) is 0 Å². The first-order valence-corrected chi connectivity index (χ1v) is 13.8. The third-order valence-corrected chi connectivity index (χ3v) is 8.02. The fraction of sp³-hybridized carbons (Fsp3) is 0.429. The van der Waals surface area contributed by atoms with Crippen LogP contribution in [0.15, 0.2) is 49.8 Å². The summed E-state index contributed by atoms with van der Waals surface area (Å²) in [6, 6.07) is 4.59. The normalized spacial score (nSPS) is 14.0. The van der Waals surface area contributed by atoms with Crippen molar-refractivity contribution in [1.29, 1.82) is 0 Å². The molecule has 0 unspecified atom stereocenters. The Bertz CT molecular complexity index is 1350. The lowest BCUT2D eigenvalue weighted by molar-refractivity contribution is 0.00141. The van der Waals surface area contributed by atoms with Crippen molar-refractivity contribution in [2.45, 2.75) is 77.6 Å². The van der Waals surface area contributed by atoms with E-state index in [1.807, 2.05) is 27.7 Å². The van der Waals surface area contributed by atoms with E-state index >= 15 is 4.39 Å². The zero-order valence-electron chi connectivity index (χ0n) is 21.9. The number of ether oxygens (including phenoxy) is 1. The molecule has 8 nitrogen and oxygen atoms in total. The van der Waals surface area contributed by atoms with E-state index < -0.39 is 32.8 Å². The van der Waals surface area contributed by atoms with E-state index in [9.17, 15) is 8.42 Å². The van der Waals surface area contributed by atoms with Gasteiger partial charge in [-0.05, 0) is 45.7 Å². The molecule has 0 aliphatic heterocycles. The molecule has 0 saturated carbocycles. The van der Waals surface area contributed by atoms with Gasteiger partial charge in [0.25, 0.3) is 0 Å². The van der Waals surface area contributed by atoms with Gasteiger partial charge in [0.05, 0.1) is 17.0 Å². The minimum Gasteiger partial charge on any atom is -0.366 e. The summed E-state index contributed by atoms with van der Waals surface area (Å²) in [5.74, 6) is -0.405. The Hall–Kier alpha value is -3.24. The topological polar surface area (TPSA) is 99.9 Å². The third-order valence-electron chi connectivity index (χ3n) is 5.97. The zero-order valence-corrected chi connectivity index (χ0v) is 22.7. The van der Waals surface area contributed by atoms with Crippen LogP contribution in [0.25, 0.3) is 11.8 Å². The van der Waals surface area contributed by atoms with Crippen molar-refractivity contribution in [2.24, 2.45) is 0 Å². The first-order chi connectivity index (χ1) is 17.5. The number of para-hydroxylation sites is 1. The minimum absolute atomic E-state index is 0. The van der Waals surface area contributed by atoms with Gasteiger partial charge in [-0.25, -0.2) is 22.8 Å². The van der Waals surface area contributed by atoms with Gasteiger partial charge in [0.2, 0.25) is 0 Å². The van der Waals surface area contributed by atoms with Crippen molar-refractivity contribution in [1.82, 2.24) is 24.7 Å². The van der Waals surface area contributed by atoms with Crippen LogP contribution in [0.2, 0.25) is 0 Å². The van der Waals surface area contributed by atoms with Gasteiger partial charge in [0.1, 0.15) is 23.5 Å². The summed E-state index contributed by atoms with van der Waals surface area (Å²) in [6.45, 7) is 16.5. The molecule has 0 spiro atoms. The molecule has 38 heavy (non-hydrogen) atoms. The Morgan fingerprint density at radius 2 is 1.76 bits per heavy atom. The first-order valence-electron chi connectivity index (χ1n) is 12.1. The number of nitrogens with zero attached hydrogens (tertiary/aromatic N) is 5. The lowest BCUT2D eigenvalue weighted by atomic mass is 10.1. The van der Waals surface area contributed by atoms with Gasteiger partial charge in [-0.1, -0.05) is 45.2 Å². The largest absolute Gasteiger partial charge is 0.366 e. The van der Waals surface area contributed by atoms with Gasteiger partial charge in [0.15, 0.2) is 21.5 Å². The molecule has 206 valence electrons. The van der Waals surface area contributed by atoms with Crippen molar-refractivity contribution < 1.29 is 17.5 Å². The van der Waals surface area contributed by atoms with Crippen LogP contribution in [-0.4, -0.2) is 44.5 Å². The number of aromatic nitrogens is 5. The van der Waals surface area contributed by atoms with Crippen molar-refractivity contribution in [3.8, 4) is 5.69 Å². The summed E-state index contributed by atoms with van der Waals surface area (Å²) in [4.78, 5) is 8.63. The maximum atomic E-state index is 15.2. The molecule has 0 amide bonds. The van der Waals surface area contributed by atoms with Gasteiger partial charge in [-0.15, -0.1) is 16.8 Å². The number of halogens is 1. The fourth-order valence-corrected chi connectivity index (χ4v) is 5.37. The highest BCUT2D eigenvalue weighted by atomic mass is 32.2. The summed E-state index contributed by atoms with van der Waals surface area (Å²) < 4.78 is 50.2. The van der Waals surface area contributed by atoms with Crippen molar-refractivity contribution in [2.75, 3.05) is 0 Å². The maximum absolute atomic E-state index is 15.2. The molecule has 0 radical (unpaired) electrons. The van der Waals surface area contributed by atoms with Gasteiger partial charge in [-0.3, -0.25) is 4.57 Å². The second kappa shape index (κ2) is 13.0. The van der Waals surface area contributed by atoms with Crippen LogP contribution in [-0.2, 0) is 20.3 Å². The highest BCUT2D eigenvalue weighted by Gasteiger charge is 2.36. The van der Waals surface area contributed by atoms with Crippen LogP contribution >= 0.6 is 0 Å². The van der Waals surface area contributed by atoms with E-state index in [4.69, 9.17) is 4.74 Å². The molecule has 0 aliphatic rings. The predicted octanol–water partition coefficient (Wildman–Crippen LogP) is 5.93. The molecule has 10 heteroatoms. The van der Waals surface area contributed by atoms with E-state index in [0.29, 0.717) is 17.8 Å². The van der Waals surface area contributed by atoms with Crippen LogP contribution in [0, 0.1) is 12.7 Å². The minimum atomic E-state index is -3.90. The molecule has 2 aromatic heterocycles. The lowest BCUT2D eigenvalue weighted by Gasteiger charge is -2.25. The average molecular weight is 544 g/mol. The Balaban J connectivity index is 0.00000507. The van der Waals surface area contributed by atoms with E-state index in [1.54, 1.807) is 37.5 Å². The molecular weight excluding hydrogens is 505 g/mol. The molecule has 0 aliphatic carbocycles. The number of aryl methyl sites for hydroxylation is 1. The molecule has 3 rings (SSSR count). The van der Waals surface area contributed by atoms with Crippen LogP contribution in [0.5, 0.6) is 0 Å². The van der Waals surface area contributed by atoms with Gasteiger partial charge in [-0.2, -0.15) is 0 Å². The highest BCUT2D eigenvalue weighted by molar-refractivity contribution is 7.91. The van der Waals surface area contributed by atoms with Gasteiger partial charge >= 0.3 is 0 Å². The Kier molecular flexibility index (Phi) is 10.6. The SMILES string of the molecule is C.C=CC[C@@H](C)c1nnc(CS(=O)(=O)[C@@H](C)[C@@H](OC(C)C)c2ncc(C)cn2)n1-c1c(F)cccc1C=C. The molecule has 0 N–H and O–H groups in total. The second-order valence-corrected chi connectivity index (χ2v) is 11.7. The molecule has 1 aromatic carbocycles. The lowest BCUT2D eigenvalue weighted by Crippen LogP contribution is -2.32. The molecule has 0 bridgehead atoms. The summed E-state index contributed by atoms with van der Waals surface area (Å²) in [5, 5.41) is 7.47. The Labute approximate surface area is 225 Å². The number of sulfone groups is 1. The second-order valence-electron chi connectivity index (χ2n) is 9.35. The van der Waals surface area contributed by atoms with Crippen molar-refractivity contribution in [3.63, 3.8) is 0 Å². The maximum Gasteiger partial charge on any atom is 0.163 e. The Morgan fingerprint density at radius 3 is 2.34 bits per heavy atom. The number of rotatable bonds is 12. The number of hydrogen-bond donors (Lipinski definition) is 0. The molecule has 2 heterocycles. The predicted molar refractivity (Wildman–Crippen MR) is 149 cm³/mol. The quantitative estimate of drug-likeness (QED) is 0.261. The average Bonchev–Trinajstić information content (AvgIpc) is 3.24. The van der Waals surface area contributed by atoms with Gasteiger partial charge in [0, 0.05) is 23.9 Å². The number of allylic oxidation sites excluding steroid dienone is 1. The summed E-state index contributed by atoms with van der Waals surface area (Å²) in [5.41, 5.74) is 1.50. The first kappa shape index (κ1) is 31.0. The molecule has 0 fully saturated rings. The van der Waals surface area contributed by atoms with Crippen molar-refractivity contribution >= 4 is 15.9 Å².